The molecule has 0 saturated carbocycles. The van der Waals surface area contributed by atoms with E-state index in [2.05, 4.69) is 49.5 Å². The summed E-state index contributed by atoms with van der Waals surface area (Å²) in [5, 5.41) is 3.74. The number of rotatable bonds is 3. The van der Waals surface area contributed by atoms with Crippen molar-refractivity contribution < 1.29 is 14.3 Å². The topological polar surface area (TPSA) is 50.9 Å². The number of ether oxygens (including phenoxy) is 2. The van der Waals surface area contributed by atoms with Gasteiger partial charge in [-0.1, -0.05) is 35.9 Å². The molecule has 4 nitrogen and oxygen atoms in total. The summed E-state index contributed by atoms with van der Waals surface area (Å²) in [5.74, 6) is 0.132. The van der Waals surface area contributed by atoms with Crippen LogP contribution in [0.25, 0.3) is 0 Å². The van der Waals surface area contributed by atoms with Crippen molar-refractivity contribution in [3.05, 3.63) is 47.0 Å². The van der Waals surface area contributed by atoms with Gasteiger partial charge in [0.15, 0.2) is 0 Å². The predicted molar refractivity (Wildman–Crippen MR) is 112 cm³/mol. The number of hydrogen-bond acceptors (Lipinski definition) is 4. The van der Waals surface area contributed by atoms with Gasteiger partial charge >= 0.3 is 5.97 Å². The molecule has 0 bridgehead atoms. The highest BCUT2D eigenvalue weighted by Crippen LogP contribution is 2.50. The molecule has 1 aromatic rings. The van der Waals surface area contributed by atoms with Crippen LogP contribution in [0.5, 0.6) is 0 Å². The highest BCUT2D eigenvalue weighted by molar-refractivity contribution is 5.76. The summed E-state index contributed by atoms with van der Waals surface area (Å²) in [6, 6.07) is 9.08. The first-order valence-corrected chi connectivity index (χ1v) is 11.4. The Kier molecular flexibility index (Phi) is 5.03. The zero-order valence-corrected chi connectivity index (χ0v) is 17.7. The van der Waals surface area contributed by atoms with E-state index in [1.54, 1.807) is 0 Å². The molecule has 0 unspecified atom stereocenters. The van der Waals surface area contributed by atoms with Crippen LogP contribution in [0.3, 0.4) is 0 Å². The minimum atomic E-state index is -0.123. The minimum absolute atomic E-state index is 0.0321. The fraction of sp³-hybridized carbons (Fsp3) is 0.640. The van der Waals surface area contributed by atoms with Crippen molar-refractivity contribution in [2.45, 2.75) is 82.6 Å². The quantitative estimate of drug-likeness (QED) is 0.465. The molecular formula is C25H33NO3. The molecule has 6 atom stereocenters. The summed E-state index contributed by atoms with van der Waals surface area (Å²) in [6.07, 6.45) is 9.96. The number of nitrogens with one attached hydrogen (secondary N) is 1. The van der Waals surface area contributed by atoms with Crippen LogP contribution in [0, 0.1) is 11.8 Å². The molecule has 5 rings (SSSR count). The summed E-state index contributed by atoms with van der Waals surface area (Å²) in [6.45, 7) is 5.09. The number of epoxide rings is 1. The van der Waals surface area contributed by atoms with Crippen LogP contribution in [0.2, 0.25) is 0 Å². The van der Waals surface area contributed by atoms with E-state index in [0.29, 0.717) is 12.6 Å². The minimum Gasteiger partial charge on any atom is -0.459 e. The van der Waals surface area contributed by atoms with Gasteiger partial charge in [0.2, 0.25) is 0 Å². The van der Waals surface area contributed by atoms with Crippen LogP contribution in [0.4, 0.5) is 0 Å². The van der Waals surface area contributed by atoms with Gasteiger partial charge in [0.05, 0.1) is 11.5 Å². The second kappa shape index (κ2) is 7.55. The van der Waals surface area contributed by atoms with Gasteiger partial charge in [-0.2, -0.15) is 0 Å². The van der Waals surface area contributed by atoms with Gasteiger partial charge in [-0.15, -0.1) is 0 Å². The zero-order valence-electron chi connectivity index (χ0n) is 17.7. The average molecular weight is 396 g/mol. The third-order valence-corrected chi connectivity index (χ3v) is 7.69. The summed E-state index contributed by atoms with van der Waals surface area (Å²) in [5.41, 5.74) is 4.16. The lowest BCUT2D eigenvalue weighted by Gasteiger charge is -2.28. The van der Waals surface area contributed by atoms with Crippen molar-refractivity contribution in [3.63, 3.8) is 0 Å². The lowest BCUT2D eigenvalue weighted by atomic mass is 9.80. The maximum atomic E-state index is 12.9. The fourth-order valence-electron chi connectivity index (χ4n) is 5.81. The smallest absolute Gasteiger partial charge is 0.311 e. The molecule has 1 N–H and O–H groups in total. The molecule has 1 aromatic carbocycles. The molecule has 2 aliphatic heterocycles. The SMILES string of the molecule is C/C1=C\CC[C@@]2(C)O[C@@H]2[C@H]2OC(=O)[C@@H](CN[C@@H]3CCCc4ccccc43)[C@@H]2CC1. The number of esters is 1. The van der Waals surface area contributed by atoms with Crippen LogP contribution < -0.4 is 5.32 Å². The van der Waals surface area contributed by atoms with Crippen LogP contribution in [0.15, 0.2) is 35.9 Å². The van der Waals surface area contributed by atoms with Gasteiger partial charge in [-0.05, 0) is 69.9 Å². The summed E-state index contributed by atoms with van der Waals surface area (Å²) in [4.78, 5) is 12.9. The summed E-state index contributed by atoms with van der Waals surface area (Å²) >= 11 is 0. The molecular weight excluding hydrogens is 362 g/mol. The normalized spacial score (nSPS) is 40.7. The van der Waals surface area contributed by atoms with E-state index in [9.17, 15) is 4.79 Å². The van der Waals surface area contributed by atoms with Crippen LogP contribution in [0.1, 0.15) is 69.5 Å². The molecule has 4 aliphatic rings. The van der Waals surface area contributed by atoms with Crippen LogP contribution >= 0.6 is 0 Å². The van der Waals surface area contributed by atoms with Gasteiger partial charge in [-0.25, -0.2) is 0 Å². The predicted octanol–water partition coefficient (Wildman–Crippen LogP) is 4.49. The first-order chi connectivity index (χ1) is 14.0. The second-order valence-electron chi connectivity index (χ2n) is 9.70. The molecule has 156 valence electrons. The number of carbonyl (C=O) groups is 1. The van der Waals surface area contributed by atoms with Gasteiger partial charge < -0.3 is 14.8 Å². The lowest BCUT2D eigenvalue weighted by molar-refractivity contribution is -0.144. The Balaban J connectivity index is 1.32. The molecule has 0 spiro atoms. The van der Waals surface area contributed by atoms with E-state index in [1.807, 2.05) is 0 Å². The van der Waals surface area contributed by atoms with E-state index < -0.39 is 0 Å². The number of fused-ring (bicyclic) bond motifs is 4. The molecule has 2 aliphatic carbocycles. The number of aryl methyl sites for hydroxylation is 1. The van der Waals surface area contributed by atoms with Gasteiger partial charge in [0.1, 0.15) is 12.2 Å². The van der Waals surface area contributed by atoms with Crippen molar-refractivity contribution >= 4 is 5.97 Å². The van der Waals surface area contributed by atoms with Crippen LogP contribution in [-0.4, -0.2) is 30.3 Å². The molecule has 0 amide bonds. The number of carbonyl (C=O) groups excluding carboxylic acids is 1. The van der Waals surface area contributed by atoms with E-state index in [1.165, 1.54) is 23.1 Å². The molecule has 2 heterocycles. The van der Waals surface area contributed by atoms with Gasteiger partial charge in [0, 0.05) is 18.5 Å². The van der Waals surface area contributed by atoms with Crippen LogP contribution in [-0.2, 0) is 20.7 Å². The Hall–Kier alpha value is -1.65. The van der Waals surface area contributed by atoms with Crippen molar-refractivity contribution in [2.24, 2.45) is 11.8 Å². The fourth-order valence-corrected chi connectivity index (χ4v) is 5.81. The van der Waals surface area contributed by atoms with Gasteiger partial charge in [-0.3, -0.25) is 4.79 Å². The molecule has 0 radical (unpaired) electrons. The first-order valence-electron chi connectivity index (χ1n) is 11.4. The number of benzene rings is 1. The Morgan fingerprint density at radius 3 is 2.97 bits per heavy atom. The van der Waals surface area contributed by atoms with E-state index in [-0.39, 0.29) is 35.6 Å². The van der Waals surface area contributed by atoms with Crippen molar-refractivity contribution in [1.82, 2.24) is 5.32 Å². The van der Waals surface area contributed by atoms with Crippen molar-refractivity contribution in [2.75, 3.05) is 6.54 Å². The largest absolute Gasteiger partial charge is 0.459 e. The average Bonchev–Trinajstić information content (AvgIpc) is 3.28. The Morgan fingerprint density at radius 1 is 1.21 bits per heavy atom. The molecule has 2 fully saturated rings. The monoisotopic (exact) mass is 395 g/mol. The maximum absolute atomic E-state index is 12.9. The Labute approximate surface area is 174 Å². The molecule has 4 heteroatoms. The molecule has 0 aromatic heterocycles. The third kappa shape index (κ3) is 3.66. The lowest BCUT2D eigenvalue weighted by Crippen LogP contribution is -2.36. The van der Waals surface area contributed by atoms with E-state index in [4.69, 9.17) is 9.47 Å². The Bertz CT molecular complexity index is 818. The number of hydrogen-bond donors (Lipinski definition) is 1. The number of allylic oxidation sites excluding steroid dienone is 2. The molecule has 29 heavy (non-hydrogen) atoms. The summed E-state index contributed by atoms with van der Waals surface area (Å²) < 4.78 is 12.0. The van der Waals surface area contributed by atoms with Gasteiger partial charge in [0.25, 0.3) is 0 Å². The zero-order chi connectivity index (χ0) is 20.0. The van der Waals surface area contributed by atoms with E-state index in [0.717, 1.165) is 38.5 Å². The molecule has 2 saturated heterocycles. The standard InChI is InChI=1S/C25H33NO3/c1-16-7-6-14-25(2)23(29-25)22-19(13-12-16)20(24(27)28-22)15-26-21-11-5-9-17-8-3-4-10-18(17)21/h3-4,7-8,10,19-23,26H,5-6,9,11-15H2,1-2H3/b16-7+/t19-,20-,21+,22-,23+,25+/m0/s1. The van der Waals surface area contributed by atoms with Crippen molar-refractivity contribution in [1.29, 1.82) is 0 Å². The third-order valence-electron chi connectivity index (χ3n) is 7.69. The maximum Gasteiger partial charge on any atom is 0.311 e. The summed E-state index contributed by atoms with van der Waals surface area (Å²) in [7, 11) is 0. The highest BCUT2D eigenvalue weighted by Gasteiger charge is 2.62. The second-order valence-corrected chi connectivity index (χ2v) is 9.70. The first kappa shape index (κ1) is 19.3. The Morgan fingerprint density at radius 2 is 2.07 bits per heavy atom. The van der Waals surface area contributed by atoms with Crippen molar-refractivity contribution in [3.8, 4) is 0 Å². The highest BCUT2D eigenvalue weighted by atomic mass is 16.6. The van der Waals surface area contributed by atoms with E-state index >= 15 is 0 Å².